The molecule has 0 atom stereocenters. The Morgan fingerprint density at radius 3 is 2.76 bits per heavy atom. The maximum absolute atomic E-state index is 6.24. The average Bonchev–Trinajstić information content (AvgIpc) is 2.87. The highest BCUT2D eigenvalue weighted by Crippen LogP contribution is 2.33. The lowest BCUT2D eigenvalue weighted by molar-refractivity contribution is 0.788. The molecule has 0 spiro atoms. The summed E-state index contributed by atoms with van der Waals surface area (Å²) < 4.78 is 2.50. The van der Waals surface area contributed by atoms with Crippen molar-refractivity contribution in [3.63, 3.8) is 0 Å². The summed E-state index contributed by atoms with van der Waals surface area (Å²) in [5.74, 6) is 0.502. The van der Waals surface area contributed by atoms with Gasteiger partial charge < -0.3 is 5.73 Å². The molecule has 2 N–H and O–H groups in total. The largest absolute Gasteiger partial charge is 0.398 e. The Morgan fingerprint density at radius 2 is 2.05 bits per heavy atom. The van der Waals surface area contributed by atoms with E-state index in [1.54, 1.807) is 22.9 Å². The van der Waals surface area contributed by atoms with Crippen molar-refractivity contribution >= 4 is 33.2 Å². The van der Waals surface area contributed by atoms with Gasteiger partial charge in [0.25, 0.3) is 0 Å². The molecule has 0 fully saturated rings. The van der Waals surface area contributed by atoms with Gasteiger partial charge in [0, 0.05) is 10.2 Å². The van der Waals surface area contributed by atoms with E-state index < -0.39 is 0 Å². The summed E-state index contributed by atoms with van der Waals surface area (Å²) in [6, 6.07) is 11.2. The normalized spacial score (nSPS) is 10.8. The summed E-state index contributed by atoms with van der Waals surface area (Å²) in [6.45, 7) is 2.01. The van der Waals surface area contributed by atoms with Crippen LogP contribution in [0.15, 0.2) is 40.9 Å². The zero-order valence-electron chi connectivity index (χ0n) is 11.1. The minimum Gasteiger partial charge on any atom is -0.398 e. The van der Waals surface area contributed by atoms with Gasteiger partial charge in [-0.15, -0.1) is 5.10 Å². The van der Waals surface area contributed by atoms with Crippen molar-refractivity contribution < 1.29 is 0 Å². The molecule has 0 saturated carbocycles. The number of aromatic nitrogens is 4. The topological polar surface area (TPSA) is 69.6 Å². The van der Waals surface area contributed by atoms with Gasteiger partial charge in [0.2, 0.25) is 0 Å². The lowest BCUT2D eigenvalue weighted by Gasteiger charge is -2.10. The smallest absolute Gasteiger partial charge is 0.190 e. The number of rotatable bonds is 2. The number of hydrogen-bond acceptors (Lipinski definition) is 4. The molecule has 0 radical (unpaired) electrons. The summed E-state index contributed by atoms with van der Waals surface area (Å²) in [4.78, 5) is 0. The van der Waals surface area contributed by atoms with E-state index >= 15 is 0 Å². The molecule has 3 aromatic rings. The average molecular weight is 365 g/mol. The van der Waals surface area contributed by atoms with Crippen LogP contribution in [0.1, 0.15) is 5.56 Å². The van der Waals surface area contributed by atoms with E-state index in [9.17, 15) is 0 Å². The first-order valence-corrected chi connectivity index (χ1v) is 7.34. The van der Waals surface area contributed by atoms with Gasteiger partial charge in [0.05, 0.1) is 16.3 Å². The second-order valence-electron chi connectivity index (χ2n) is 4.57. The molecular weight excluding hydrogens is 354 g/mol. The summed E-state index contributed by atoms with van der Waals surface area (Å²) in [5, 5.41) is 12.4. The van der Waals surface area contributed by atoms with E-state index in [4.69, 9.17) is 17.3 Å². The number of nitrogens with two attached hydrogens (primary N) is 1. The van der Waals surface area contributed by atoms with Crippen LogP contribution in [0.25, 0.3) is 17.1 Å². The highest BCUT2D eigenvalue weighted by Gasteiger charge is 2.17. The molecule has 1 heterocycles. The summed E-state index contributed by atoms with van der Waals surface area (Å²) in [5.41, 5.74) is 9.12. The summed E-state index contributed by atoms with van der Waals surface area (Å²) in [7, 11) is 0. The van der Waals surface area contributed by atoms with E-state index in [1.165, 1.54) is 0 Å². The van der Waals surface area contributed by atoms with Crippen molar-refractivity contribution in [1.82, 2.24) is 20.2 Å². The second-order valence-corrected chi connectivity index (χ2v) is 5.83. The van der Waals surface area contributed by atoms with Crippen LogP contribution in [0.4, 0.5) is 5.69 Å². The van der Waals surface area contributed by atoms with E-state index in [-0.39, 0.29) is 0 Å². The quantitative estimate of drug-likeness (QED) is 0.705. The molecule has 0 bridgehead atoms. The highest BCUT2D eigenvalue weighted by molar-refractivity contribution is 9.10. The Labute approximate surface area is 134 Å². The molecule has 0 aliphatic carbocycles. The number of tetrazole rings is 1. The molecular formula is C14H11BrClN5. The Morgan fingerprint density at radius 1 is 1.24 bits per heavy atom. The van der Waals surface area contributed by atoms with E-state index in [0.717, 1.165) is 15.7 Å². The Hall–Kier alpha value is -1.92. The Kier molecular flexibility index (Phi) is 3.65. The number of hydrogen-bond donors (Lipinski definition) is 1. The van der Waals surface area contributed by atoms with Crippen LogP contribution in [0.3, 0.4) is 0 Å². The highest BCUT2D eigenvalue weighted by atomic mass is 79.9. The lowest BCUT2D eigenvalue weighted by atomic mass is 10.1. The molecule has 0 unspecified atom stereocenters. The summed E-state index contributed by atoms with van der Waals surface area (Å²) in [6.07, 6.45) is 0. The van der Waals surface area contributed by atoms with Crippen molar-refractivity contribution in [3.05, 3.63) is 51.5 Å². The van der Waals surface area contributed by atoms with E-state index in [2.05, 4.69) is 31.5 Å². The number of aryl methyl sites for hydroxylation is 1. The van der Waals surface area contributed by atoms with Crippen LogP contribution < -0.4 is 5.73 Å². The fraction of sp³-hybridized carbons (Fsp3) is 0.0714. The molecule has 3 rings (SSSR count). The maximum Gasteiger partial charge on any atom is 0.190 e. The molecule has 2 aromatic carbocycles. The zero-order chi connectivity index (χ0) is 15.0. The van der Waals surface area contributed by atoms with Crippen LogP contribution >= 0.6 is 27.5 Å². The SMILES string of the molecule is Cc1ccc(-n2nnnc2-c2c(N)cccc2Cl)c(Br)c1. The van der Waals surface area contributed by atoms with Crippen molar-refractivity contribution in [2.75, 3.05) is 5.73 Å². The number of nitrogen functional groups attached to an aromatic ring is 1. The molecule has 106 valence electrons. The van der Waals surface area contributed by atoms with Gasteiger partial charge in [-0.1, -0.05) is 23.7 Å². The van der Waals surface area contributed by atoms with Gasteiger partial charge in [-0.3, -0.25) is 0 Å². The molecule has 0 amide bonds. The fourth-order valence-electron chi connectivity index (χ4n) is 2.07. The monoisotopic (exact) mass is 363 g/mol. The van der Waals surface area contributed by atoms with Crippen LogP contribution in [-0.2, 0) is 0 Å². The molecule has 0 aliphatic heterocycles. The zero-order valence-corrected chi connectivity index (χ0v) is 13.4. The number of halogens is 2. The Bertz CT molecular complexity index is 795. The summed E-state index contributed by atoms with van der Waals surface area (Å²) >= 11 is 9.78. The van der Waals surface area contributed by atoms with Crippen molar-refractivity contribution in [3.8, 4) is 17.1 Å². The van der Waals surface area contributed by atoms with Crippen molar-refractivity contribution in [1.29, 1.82) is 0 Å². The lowest BCUT2D eigenvalue weighted by Crippen LogP contribution is -2.03. The van der Waals surface area contributed by atoms with E-state index in [0.29, 0.717) is 22.1 Å². The third-order valence-electron chi connectivity index (χ3n) is 3.07. The van der Waals surface area contributed by atoms with Gasteiger partial charge in [0.15, 0.2) is 5.82 Å². The molecule has 5 nitrogen and oxygen atoms in total. The van der Waals surface area contributed by atoms with Gasteiger partial charge in [-0.25, -0.2) is 0 Å². The molecule has 0 saturated heterocycles. The minimum absolute atomic E-state index is 0.502. The van der Waals surface area contributed by atoms with Crippen LogP contribution in [0.5, 0.6) is 0 Å². The van der Waals surface area contributed by atoms with Crippen LogP contribution in [0.2, 0.25) is 5.02 Å². The number of anilines is 1. The first-order chi connectivity index (χ1) is 10.1. The number of nitrogens with zero attached hydrogens (tertiary/aromatic N) is 4. The fourth-order valence-corrected chi connectivity index (χ4v) is 2.99. The van der Waals surface area contributed by atoms with Crippen molar-refractivity contribution in [2.45, 2.75) is 6.92 Å². The third kappa shape index (κ3) is 2.52. The Balaban J connectivity index is 2.22. The molecule has 7 heteroatoms. The third-order valence-corrected chi connectivity index (χ3v) is 4.02. The molecule has 1 aromatic heterocycles. The second kappa shape index (κ2) is 5.46. The predicted octanol–water partition coefficient (Wildman–Crippen LogP) is 3.64. The maximum atomic E-state index is 6.24. The van der Waals surface area contributed by atoms with Crippen LogP contribution in [0, 0.1) is 6.92 Å². The van der Waals surface area contributed by atoms with Gasteiger partial charge in [-0.05, 0) is 63.1 Å². The molecule has 0 aliphatic rings. The van der Waals surface area contributed by atoms with Crippen LogP contribution in [-0.4, -0.2) is 20.2 Å². The number of benzene rings is 2. The van der Waals surface area contributed by atoms with Gasteiger partial charge in [0.1, 0.15) is 0 Å². The minimum atomic E-state index is 0.502. The van der Waals surface area contributed by atoms with Gasteiger partial charge >= 0.3 is 0 Å². The first-order valence-electron chi connectivity index (χ1n) is 6.17. The van der Waals surface area contributed by atoms with Crippen molar-refractivity contribution in [2.24, 2.45) is 0 Å². The van der Waals surface area contributed by atoms with E-state index in [1.807, 2.05) is 25.1 Å². The van der Waals surface area contributed by atoms with Gasteiger partial charge in [-0.2, -0.15) is 4.68 Å². The molecule has 21 heavy (non-hydrogen) atoms. The predicted molar refractivity (Wildman–Crippen MR) is 86.4 cm³/mol. The standard InChI is InChI=1S/C14H11BrClN5/c1-8-5-6-12(9(15)7-8)21-14(18-19-20-21)13-10(16)3-2-4-11(13)17/h2-7H,17H2,1H3. The first kappa shape index (κ1) is 14.0.